The van der Waals surface area contributed by atoms with E-state index in [-0.39, 0.29) is 23.9 Å². The van der Waals surface area contributed by atoms with Gasteiger partial charge in [-0.15, -0.1) is 11.3 Å². The Hall–Kier alpha value is -2.19. The predicted molar refractivity (Wildman–Crippen MR) is 103 cm³/mol. The van der Waals surface area contributed by atoms with Crippen LogP contribution in [-0.4, -0.2) is 32.4 Å². The fourth-order valence-corrected chi connectivity index (χ4v) is 5.11. The van der Waals surface area contributed by atoms with Gasteiger partial charge in [-0.1, -0.05) is 12.1 Å². The van der Waals surface area contributed by atoms with Crippen molar-refractivity contribution >= 4 is 44.4 Å². The van der Waals surface area contributed by atoms with Crippen molar-refractivity contribution in [3.8, 4) is 0 Å². The summed E-state index contributed by atoms with van der Waals surface area (Å²) in [5, 5.41) is 4.63. The molecule has 0 bridgehead atoms. The Labute approximate surface area is 156 Å². The second kappa shape index (κ2) is 8.01. The maximum absolute atomic E-state index is 12.1. The van der Waals surface area contributed by atoms with E-state index in [1.54, 1.807) is 30.3 Å². The molecule has 1 aliphatic rings. The van der Waals surface area contributed by atoms with Crippen LogP contribution in [0.15, 0.2) is 41.8 Å². The highest BCUT2D eigenvalue weighted by atomic mass is 32.2. The molecule has 1 aromatic heterocycles. The van der Waals surface area contributed by atoms with Gasteiger partial charge in [0.15, 0.2) is 5.78 Å². The first-order valence-corrected chi connectivity index (χ1v) is 10.9. The molecule has 0 atom stereocenters. The molecule has 0 saturated carbocycles. The van der Waals surface area contributed by atoms with Crippen molar-refractivity contribution in [2.45, 2.75) is 25.7 Å². The van der Waals surface area contributed by atoms with Gasteiger partial charge in [0.25, 0.3) is 0 Å². The molecule has 1 aliphatic heterocycles. The molecule has 26 heavy (non-hydrogen) atoms. The summed E-state index contributed by atoms with van der Waals surface area (Å²) in [5.74, 6) is 0.0152. The largest absolute Gasteiger partial charge is 0.326 e. The molecule has 0 radical (unpaired) electrons. The van der Waals surface area contributed by atoms with E-state index in [1.807, 2.05) is 11.4 Å². The van der Waals surface area contributed by atoms with E-state index in [0.717, 1.165) is 0 Å². The van der Waals surface area contributed by atoms with Crippen LogP contribution in [0.5, 0.6) is 0 Å². The summed E-state index contributed by atoms with van der Waals surface area (Å²) in [5.41, 5.74) is 1.12. The maximum atomic E-state index is 12.1. The zero-order valence-corrected chi connectivity index (χ0v) is 15.8. The summed E-state index contributed by atoms with van der Waals surface area (Å²) in [4.78, 5) is 24.7. The Morgan fingerprint density at radius 2 is 2.00 bits per heavy atom. The molecule has 138 valence electrons. The minimum Gasteiger partial charge on any atom is -0.326 e. The summed E-state index contributed by atoms with van der Waals surface area (Å²) >= 11 is 1.40. The van der Waals surface area contributed by atoms with E-state index >= 15 is 0 Å². The zero-order chi connectivity index (χ0) is 18.6. The average Bonchev–Trinajstić information content (AvgIpc) is 3.24. The van der Waals surface area contributed by atoms with Crippen LogP contribution in [0.1, 0.15) is 35.4 Å². The first-order chi connectivity index (χ1) is 12.5. The zero-order valence-electron chi connectivity index (χ0n) is 14.2. The highest BCUT2D eigenvalue weighted by molar-refractivity contribution is 7.93. The number of amides is 1. The minimum absolute atomic E-state index is 0.0500. The lowest BCUT2D eigenvalue weighted by molar-refractivity contribution is -0.116. The van der Waals surface area contributed by atoms with Gasteiger partial charge in [-0.25, -0.2) is 8.42 Å². The standard InChI is InChI=1S/C18H20N2O4S2/c21-16(17-8-3-11-25-17)7-2-9-18(22)19-14-5-1-6-15(13-14)20-10-4-12-26(20,23)24/h1,3,5-6,8,11,13H,2,4,7,9-10,12H2,(H,19,22). The van der Waals surface area contributed by atoms with Crippen LogP contribution >= 0.6 is 11.3 Å². The molecule has 2 aromatic rings. The number of nitrogens with zero attached hydrogens (tertiary/aromatic N) is 1. The number of thiophene rings is 1. The van der Waals surface area contributed by atoms with Gasteiger partial charge in [-0.2, -0.15) is 0 Å². The van der Waals surface area contributed by atoms with E-state index in [0.29, 0.717) is 42.1 Å². The van der Waals surface area contributed by atoms with Crippen molar-refractivity contribution in [2.75, 3.05) is 21.9 Å². The number of ketones is 1. The fourth-order valence-electron chi connectivity index (χ4n) is 2.86. The summed E-state index contributed by atoms with van der Waals surface area (Å²) in [7, 11) is -3.25. The second-order valence-corrected chi connectivity index (χ2v) is 9.05. The minimum atomic E-state index is -3.25. The SMILES string of the molecule is O=C(CCCC(=O)c1cccs1)Nc1cccc(N2CCCS2(=O)=O)c1. The quantitative estimate of drug-likeness (QED) is 0.733. The average molecular weight is 393 g/mol. The number of sulfonamides is 1. The lowest BCUT2D eigenvalue weighted by atomic mass is 10.1. The van der Waals surface area contributed by atoms with Crippen molar-refractivity contribution in [2.24, 2.45) is 0 Å². The maximum Gasteiger partial charge on any atom is 0.235 e. The Balaban J connectivity index is 1.53. The van der Waals surface area contributed by atoms with Gasteiger partial charge in [0.1, 0.15) is 0 Å². The van der Waals surface area contributed by atoms with Crippen molar-refractivity contribution in [3.63, 3.8) is 0 Å². The Kier molecular flexibility index (Phi) is 5.73. The third-order valence-electron chi connectivity index (χ3n) is 4.12. The van der Waals surface area contributed by atoms with Gasteiger partial charge in [-0.05, 0) is 42.5 Å². The first kappa shape index (κ1) is 18.6. The molecular formula is C18H20N2O4S2. The fraction of sp³-hybridized carbons (Fsp3) is 0.333. The molecule has 8 heteroatoms. The number of hydrogen-bond acceptors (Lipinski definition) is 5. The van der Waals surface area contributed by atoms with Gasteiger partial charge in [0.05, 0.1) is 16.3 Å². The third kappa shape index (κ3) is 4.50. The molecule has 1 N–H and O–H groups in total. The third-order valence-corrected chi connectivity index (χ3v) is 6.90. The smallest absolute Gasteiger partial charge is 0.235 e. The molecule has 0 aliphatic carbocycles. The van der Waals surface area contributed by atoms with Crippen molar-refractivity contribution in [3.05, 3.63) is 46.7 Å². The van der Waals surface area contributed by atoms with Crippen LogP contribution in [0.4, 0.5) is 11.4 Å². The number of carbonyl (C=O) groups excluding carboxylic acids is 2. The van der Waals surface area contributed by atoms with Crippen LogP contribution in [0.3, 0.4) is 0 Å². The van der Waals surface area contributed by atoms with Gasteiger partial charge in [-0.3, -0.25) is 13.9 Å². The van der Waals surface area contributed by atoms with Gasteiger partial charge >= 0.3 is 0 Å². The molecule has 1 saturated heterocycles. The van der Waals surface area contributed by atoms with Crippen LogP contribution in [0.25, 0.3) is 0 Å². The Morgan fingerprint density at radius 1 is 1.15 bits per heavy atom. The number of hydrogen-bond donors (Lipinski definition) is 1. The molecule has 1 aromatic carbocycles. The topological polar surface area (TPSA) is 83.6 Å². The van der Waals surface area contributed by atoms with E-state index in [9.17, 15) is 18.0 Å². The summed E-state index contributed by atoms with van der Waals surface area (Å²) in [6.45, 7) is 0.463. The van der Waals surface area contributed by atoms with Crippen LogP contribution in [0, 0.1) is 0 Å². The molecule has 1 amide bonds. The van der Waals surface area contributed by atoms with Gasteiger partial charge < -0.3 is 5.32 Å². The number of Topliss-reactive ketones (excluding diaryl/α,β-unsaturated/α-hetero) is 1. The molecule has 0 spiro atoms. The Bertz CT molecular complexity index is 892. The van der Waals surface area contributed by atoms with E-state index in [1.165, 1.54) is 15.6 Å². The van der Waals surface area contributed by atoms with Crippen LogP contribution in [0.2, 0.25) is 0 Å². The number of rotatable bonds is 7. The molecule has 6 nitrogen and oxygen atoms in total. The van der Waals surface area contributed by atoms with Crippen LogP contribution in [-0.2, 0) is 14.8 Å². The normalized spacial score (nSPS) is 15.8. The first-order valence-electron chi connectivity index (χ1n) is 8.43. The number of carbonyl (C=O) groups is 2. The molecule has 2 heterocycles. The number of benzene rings is 1. The predicted octanol–water partition coefficient (Wildman–Crippen LogP) is 3.28. The van der Waals surface area contributed by atoms with Crippen molar-refractivity contribution in [1.29, 1.82) is 0 Å². The molecule has 1 fully saturated rings. The highest BCUT2D eigenvalue weighted by Gasteiger charge is 2.28. The van der Waals surface area contributed by atoms with Crippen molar-refractivity contribution < 1.29 is 18.0 Å². The number of nitrogens with one attached hydrogen (secondary N) is 1. The monoisotopic (exact) mass is 392 g/mol. The van der Waals surface area contributed by atoms with Crippen molar-refractivity contribution in [1.82, 2.24) is 0 Å². The highest BCUT2D eigenvalue weighted by Crippen LogP contribution is 2.26. The summed E-state index contributed by atoms with van der Waals surface area (Å²) < 4.78 is 25.4. The molecule has 3 rings (SSSR count). The van der Waals surface area contributed by atoms with Gasteiger partial charge in [0, 0.05) is 25.1 Å². The second-order valence-electron chi connectivity index (χ2n) is 6.09. The summed E-state index contributed by atoms with van der Waals surface area (Å²) in [6.07, 6.45) is 1.66. The van der Waals surface area contributed by atoms with Gasteiger partial charge in [0.2, 0.25) is 15.9 Å². The molecule has 0 unspecified atom stereocenters. The number of anilines is 2. The van der Waals surface area contributed by atoms with E-state index < -0.39 is 10.0 Å². The lowest BCUT2D eigenvalue weighted by Crippen LogP contribution is -2.25. The van der Waals surface area contributed by atoms with Crippen LogP contribution < -0.4 is 9.62 Å². The summed E-state index contributed by atoms with van der Waals surface area (Å²) in [6, 6.07) is 10.4. The molecular weight excluding hydrogens is 372 g/mol. The van der Waals surface area contributed by atoms with E-state index in [4.69, 9.17) is 0 Å². The van der Waals surface area contributed by atoms with E-state index in [2.05, 4.69) is 5.32 Å². The lowest BCUT2D eigenvalue weighted by Gasteiger charge is -2.17. The Morgan fingerprint density at radius 3 is 2.69 bits per heavy atom.